The van der Waals surface area contributed by atoms with Crippen molar-refractivity contribution in [2.24, 2.45) is 0 Å². The third kappa shape index (κ3) is 6.32. The average molecular weight is 397 g/mol. The number of nitrogens with zero attached hydrogens (tertiary/aromatic N) is 1. The number of rotatable bonds is 8. The Bertz CT molecular complexity index is 832. The summed E-state index contributed by atoms with van der Waals surface area (Å²) in [7, 11) is 0. The van der Waals surface area contributed by atoms with Crippen LogP contribution >= 0.6 is 0 Å². The molecule has 0 heterocycles. The van der Waals surface area contributed by atoms with Crippen LogP contribution in [-0.2, 0) is 4.79 Å². The number of likely N-dealkylation sites (N-methyl/N-ethyl adjacent to an activating group) is 1. The van der Waals surface area contributed by atoms with Crippen molar-refractivity contribution in [2.45, 2.75) is 40.7 Å². The Labute approximate surface area is 173 Å². The standard InChI is InChI=1S/C23H32N4O2/c1-6-27(7-2)15-21(28)26-22-16(3)13-14-20(17(22)4)25-23(29)24-18(5)19-11-9-8-10-12-19/h8-14,18H,6-7,15H2,1-5H3,(H,26,28)(H2,24,25,29). The van der Waals surface area contributed by atoms with Crippen LogP contribution in [-0.4, -0.2) is 36.5 Å². The summed E-state index contributed by atoms with van der Waals surface area (Å²) in [4.78, 5) is 27.0. The average Bonchev–Trinajstić information content (AvgIpc) is 2.72. The predicted molar refractivity (Wildman–Crippen MR) is 119 cm³/mol. The molecular formula is C23H32N4O2. The Hall–Kier alpha value is -2.86. The summed E-state index contributed by atoms with van der Waals surface area (Å²) in [6.07, 6.45) is 0. The van der Waals surface area contributed by atoms with Crippen molar-refractivity contribution in [3.05, 3.63) is 59.2 Å². The van der Waals surface area contributed by atoms with E-state index in [1.165, 1.54) is 0 Å². The number of amides is 3. The van der Waals surface area contributed by atoms with Gasteiger partial charge in [-0.25, -0.2) is 4.79 Å². The summed E-state index contributed by atoms with van der Waals surface area (Å²) in [5.41, 5.74) is 4.25. The number of nitrogens with one attached hydrogen (secondary N) is 3. The van der Waals surface area contributed by atoms with Gasteiger partial charge in [0.2, 0.25) is 5.91 Å². The van der Waals surface area contributed by atoms with E-state index >= 15 is 0 Å². The van der Waals surface area contributed by atoms with Crippen molar-refractivity contribution in [2.75, 3.05) is 30.3 Å². The molecule has 0 saturated heterocycles. The molecule has 0 fully saturated rings. The Balaban J connectivity index is 2.07. The van der Waals surface area contributed by atoms with E-state index in [9.17, 15) is 9.59 Å². The quantitative estimate of drug-likeness (QED) is 0.616. The molecule has 0 aliphatic rings. The Kier molecular flexibility index (Phi) is 8.21. The van der Waals surface area contributed by atoms with E-state index in [0.717, 1.165) is 35.5 Å². The Morgan fingerprint density at radius 3 is 2.24 bits per heavy atom. The number of anilines is 2. The van der Waals surface area contributed by atoms with Crippen LogP contribution in [0, 0.1) is 13.8 Å². The maximum absolute atomic E-state index is 12.5. The number of hydrogen-bond donors (Lipinski definition) is 3. The number of urea groups is 1. The molecule has 0 aromatic heterocycles. The molecule has 1 atom stereocenters. The largest absolute Gasteiger partial charge is 0.331 e. The van der Waals surface area contributed by atoms with Crippen molar-refractivity contribution >= 4 is 23.3 Å². The number of benzene rings is 2. The predicted octanol–water partition coefficient (Wildman–Crippen LogP) is 4.47. The van der Waals surface area contributed by atoms with Crippen molar-refractivity contribution in [1.29, 1.82) is 0 Å². The van der Waals surface area contributed by atoms with Crippen LogP contribution in [0.3, 0.4) is 0 Å². The van der Waals surface area contributed by atoms with E-state index in [0.29, 0.717) is 12.2 Å². The summed E-state index contributed by atoms with van der Waals surface area (Å²) in [5, 5.41) is 8.85. The third-order valence-corrected chi connectivity index (χ3v) is 5.09. The second kappa shape index (κ2) is 10.6. The zero-order chi connectivity index (χ0) is 21.4. The summed E-state index contributed by atoms with van der Waals surface area (Å²) in [5.74, 6) is -0.0563. The number of hydrogen-bond acceptors (Lipinski definition) is 3. The van der Waals surface area contributed by atoms with Gasteiger partial charge in [0.25, 0.3) is 0 Å². The summed E-state index contributed by atoms with van der Waals surface area (Å²) >= 11 is 0. The first-order chi connectivity index (χ1) is 13.8. The van der Waals surface area contributed by atoms with E-state index in [1.807, 2.05) is 77.1 Å². The highest BCUT2D eigenvalue weighted by atomic mass is 16.2. The van der Waals surface area contributed by atoms with Crippen LogP contribution in [0.1, 0.15) is 43.5 Å². The maximum Gasteiger partial charge on any atom is 0.319 e. The van der Waals surface area contributed by atoms with Crippen molar-refractivity contribution in [3.63, 3.8) is 0 Å². The van der Waals surface area contributed by atoms with Crippen LogP contribution in [0.5, 0.6) is 0 Å². The molecule has 6 heteroatoms. The van der Waals surface area contributed by atoms with Crippen molar-refractivity contribution < 1.29 is 9.59 Å². The highest BCUT2D eigenvalue weighted by molar-refractivity contribution is 5.97. The van der Waals surface area contributed by atoms with Gasteiger partial charge >= 0.3 is 6.03 Å². The first-order valence-electron chi connectivity index (χ1n) is 10.1. The van der Waals surface area contributed by atoms with Gasteiger partial charge in [-0.05, 0) is 56.6 Å². The lowest BCUT2D eigenvalue weighted by Crippen LogP contribution is -2.33. The molecule has 1 unspecified atom stereocenters. The van der Waals surface area contributed by atoms with Gasteiger partial charge in [0.15, 0.2) is 0 Å². The highest BCUT2D eigenvalue weighted by Crippen LogP contribution is 2.27. The smallest absolute Gasteiger partial charge is 0.319 e. The van der Waals surface area contributed by atoms with E-state index in [4.69, 9.17) is 0 Å². The van der Waals surface area contributed by atoms with Crippen LogP contribution < -0.4 is 16.0 Å². The summed E-state index contributed by atoms with van der Waals surface area (Å²) in [6.45, 7) is 11.8. The second-order valence-electron chi connectivity index (χ2n) is 7.17. The summed E-state index contributed by atoms with van der Waals surface area (Å²) in [6, 6.07) is 13.2. The van der Waals surface area contributed by atoms with Gasteiger partial charge in [0.05, 0.1) is 12.6 Å². The van der Waals surface area contributed by atoms with Gasteiger partial charge in [-0.1, -0.05) is 50.2 Å². The number of carbonyl (C=O) groups is 2. The number of carbonyl (C=O) groups excluding carboxylic acids is 2. The fraction of sp³-hybridized carbons (Fsp3) is 0.391. The van der Waals surface area contributed by atoms with E-state index in [2.05, 4.69) is 20.9 Å². The molecule has 3 amide bonds. The molecule has 2 aromatic rings. The topological polar surface area (TPSA) is 73.5 Å². The number of aryl methyl sites for hydroxylation is 1. The minimum atomic E-state index is -0.284. The van der Waals surface area contributed by atoms with Gasteiger partial charge in [-0.3, -0.25) is 9.69 Å². The molecule has 2 rings (SSSR count). The molecule has 3 N–H and O–H groups in total. The molecule has 156 valence electrons. The van der Waals surface area contributed by atoms with Crippen LogP contribution in [0.15, 0.2) is 42.5 Å². The molecule has 29 heavy (non-hydrogen) atoms. The van der Waals surface area contributed by atoms with Crippen molar-refractivity contribution in [1.82, 2.24) is 10.2 Å². The molecule has 2 aromatic carbocycles. The van der Waals surface area contributed by atoms with Gasteiger partial charge in [0.1, 0.15) is 0 Å². The highest BCUT2D eigenvalue weighted by Gasteiger charge is 2.15. The minimum Gasteiger partial charge on any atom is -0.331 e. The zero-order valence-electron chi connectivity index (χ0n) is 18.0. The van der Waals surface area contributed by atoms with Gasteiger partial charge in [-0.2, -0.15) is 0 Å². The van der Waals surface area contributed by atoms with E-state index in [1.54, 1.807) is 0 Å². The first kappa shape index (κ1) is 22.4. The fourth-order valence-electron chi connectivity index (χ4n) is 3.18. The third-order valence-electron chi connectivity index (χ3n) is 5.09. The normalized spacial score (nSPS) is 11.8. The molecule has 6 nitrogen and oxygen atoms in total. The maximum atomic E-state index is 12.5. The van der Waals surface area contributed by atoms with Crippen LogP contribution in [0.2, 0.25) is 0 Å². The van der Waals surface area contributed by atoms with E-state index in [-0.39, 0.29) is 18.0 Å². The van der Waals surface area contributed by atoms with E-state index < -0.39 is 0 Å². The van der Waals surface area contributed by atoms with Crippen LogP contribution in [0.25, 0.3) is 0 Å². The molecule has 0 spiro atoms. The Morgan fingerprint density at radius 2 is 1.62 bits per heavy atom. The van der Waals surface area contributed by atoms with Crippen molar-refractivity contribution in [3.8, 4) is 0 Å². The molecular weight excluding hydrogens is 364 g/mol. The minimum absolute atomic E-state index is 0.0563. The molecule has 0 radical (unpaired) electrons. The van der Waals surface area contributed by atoms with Gasteiger partial charge in [0, 0.05) is 11.4 Å². The van der Waals surface area contributed by atoms with Gasteiger partial charge < -0.3 is 16.0 Å². The Morgan fingerprint density at radius 1 is 0.966 bits per heavy atom. The summed E-state index contributed by atoms with van der Waals surface area (Å²) < 4.78 is 0. The lowest BCUT2D eigenvalue weighted by molar-refractivity contribution is -0.117. The first-order valence-corrected chi connectivity index (χ1v) is 10.1. The van der Waals surface area contributed by atoms with Gasteiger partial charge in [-0.15, -0.1) is 0 Å². The lowest BCUT2D eigenvalue weighted by Gasteiger charge is -2.20. The fourth-order valence-corrected chi connectivity index (χ4v) is 3.18. The lowest BCUT2D eigenvalue weighted by atomic mass is 10.1. The second-order valence-corrected chi connectivity index (χ2v) is 7.17. The van der Waals surface area contributed by atoms with Crippen LogP contribution in [0.4, 0.5) is 16.2 Å². The molecule has 0 bridgehead atoms. The molecule has 0 saturated carbocycles. The monoisotopic (exact) mass is 396 g/mol. The molecule has 0 aliphatic carbocycles. The SMILES string of the molecule is CCN(CC)CC(=O)Nc1c(C)ccc(NC(=O)NC(C)c2ccccc2)c1C. The zero-order valence-corrected chi connectivity index (χ0v) is 18.0. The molecule has 0 aliphatic heterocycles.